The van der Waals surface area contributed by atoms with Gasteiger partial charge in [-0.05, 0) is 48.9 Å². The second-order valence-corrected chi connectivity index (χ2v) is 4.58. The number of hydrogen-bond donors (Lipinski definition) is 1. The summed E-state index contributed by atoms with van der Waals surface area (Å²) in [6, 6.07) is 15.6. The lowest BCUT2D eigenvalue weighted by Crippen LogP contribution is -1.92. The number of ether oxygens (including phenoxy) is 1. The van der Waals surface area contributed by atoms with Gasteiger partial charge in [-0.3, -0.25) is 0 Å². The van der Waals surface area contributed by atoms with Crippen molar-refractivity contribution in [1.82, 2.24) is 9.97 Å². The fourth-order valence-corrected chi connectivity index (χ4v) is 2.08. The minimum atomic E-state index is 0.0588. The molecule has 4 nitrogen and oxygen atoms in total. The van der Waals surface area contributed by atoms with Crippen molar-refractivity contribution in [3.05, 3.63) is 48.0 Å². The van der Waals surface area contributed by atoms with E-state index in [0.717, 1.165) is 22.4 Å². The first-order valence-electron chi connectivity index (χ1n) is 6.33. The van der Waals surface area contributed by atoms with Gasteiger partial charge in [-0.2, -0.15) is 5.26 Å². The Morgan fingerprint density at radius 1 is 1.20 bits per heavy atom. The van der Waals surface area contributed by atoms with Crippen LogP contribution in [-0.4, -0.2) is 16.6 Å². The molecular formula is C16H13N3O. The van der Waals surface area contributed by atoms with Gasteiger partial charge in [0.05, 0.1) is 11.0 Å². The normalized spacial score (nSPS) is 10.4. The van der Waals surface area contributed by atoms with E-state index in [1.807, 2.05) is 42.5 Å². The molecule has 0 spiro atoms. The summed E-state index contributed by atoms with van der Waals surface area (Å²) in [5.41, 5.74) is 4.18. The number of nitrogens with zero attached hydrogens (tertiary/aromatic N) is 2. The van der Waals surface area contributed by atoms with Crippen LogP contribution in [0, 0.1) is 18.3 Å². The standard InChI is InChI=1S/C16H13N3O/c1-11-2-7-14-15(10-11)19-16(18-14)12-3-5-13(6-4-12)20-9-8-17/h2-7,10H,9H2,1H3,(H,18,19). The van der Waals surface area contributed by atoms with Crippen LogP contribution in [0.15, 0.2) is 42.5 Å². The Morgan fingerprint density at radius 3 is 2.75 bits per heavy atom. The van der Waals surface area contributed by atoms with Crippen LogP contribution in [0.4, 0.5) is 0 Å². The van der Waals surface area contributed by atoms with E-state index in [-0.39, 0.29) is 6.61 Å². The van der Waals surface area contributed by atoms with E-state index in [4.69, 9.17) is 10.00 Å². The van der Waals surface area contributed by atoms with Crippen molar-refractivity contribution in [1.29, 1.82) is 5.26 Å². The lowest BCUT2D eigenvalue weighted by atomic mass is 10.2. The smallest absolute Gasteiger partial charge is 0.174 e. The molecule has 1 N–H and O–H groups in total. The number of nitriles is 1. The fraction of sp³-hybridized carbons (Fsp3) is 0.125. The summed E-state index contributed by atoms with van der Waals surface area (Å²) in [5.74, 6) is 1.51. The van der Waals surface area contributed by atoms with Crippen LogP contribution >= 0.6 is 0 Å². The van der Waals surface area contributed by atoms with Gasteiger partial charge in [0.15, 0.2) is 6.61 Å². The van der Waals surface area contributed by atoms with E-state index in [2.05, 4.69) is 23.0 Å². The quantitative estimate of drug-likeness (QED) is 0.787. The molecular weight excluding hydrogens is 250 g/mol. The summed E-state index contributed by atoms with van der Waals surface area (Å²) >= 11 is 0. The van der Waals surface area contributed by atoms with E-state index in [9.17, 15) is 0 Å². The van der Waals surface area contributed by atoms with Crippen molar-refractivity contribution < 1.29 is 4.74 Å². The largest absolute Gasteiger partial charge is 0.479 e. The number of fused-ring (bicyclic) bond motifs is 1. The Morgan fingerprint density at radius 2 is 2.00 bits per heavy atom. The highest BCUT2D eigenvalue weighted by Gasteiger charge is 2.05. The van der Waals surface area contributed by atoms with Crippen LogP contribution in [0.25, 0.3) is 22.4 Å². The zero-order valence-corrected chi connectivity index (χ0v) is 11.1. The van der Waals surface area contributed by atoms with Crippen LogP contribution in [0.3, 0.4) is 0 Å². The third-order valence-electron chi connectivity index (χ3n) is 3.07. The molecule has 2 aromatic carbocycles. The Kier molecular flexibility index (Phi) is 3.10. The van der Waals surface area contributed by atoms with Crippen LogP contribution < -0.4 is 4.74 Å². The molecule has 0 fully saturated rings. The Labute approximate surface area is 116 Å². The summed E-state index contributed by atoms with van der Waals surface area (Å²) in [4.78, 5) is 7.88. The van der Waals surface area contributed by atoms with E-state index in [0.29, 0.717) is 5.75 Å². The second-order valence-electron chi connectivity index (χ2n) is 4.58. The molecule has 3 rings (SSSR count). The maximum absolute atomic E-state index is 8.47. The molecule has 98 valence electrons. The predicted octanol–water partition coefficient (Wildman–Crippen LogP) is 3.44. The van der Waals surface area contributed by atoms with E-state index in [1.165, 1.54) is 5.56 Å². The molecule has 0 bridgehead atoms. The van der Waals surface area contributed by atoms with Crippen molar-refractivity contribution in [3.63, 3.8) is 0 Å². The number of nitrogens with one attached hydrogen (secondary N) is 1. The van der Waals surface area contributed by atoms with Gasteiger partial charge in [0.1, 0.15) is 17.6 Å². The van der Waals surface area contributed by atoms with Gasteiger partial charge in [-0.25, -0.2) is 4.98 Å². The molecule has 0 saturated carbocycles. The van der Waals surface area contributed by atoms with E-state index in [1.54, 1.807) is 0 Å². The van der Waals surface area contributed by atoms with Gasteiger partial charge < -0.3 is 9.72 Å². The predicted molar refractivity (Wildman–Crippen MR) is 77.4 cm³/mol. The molecule has 0 aliphatic carbocycles. The first-order valence-corrected chi connectivity index (χ1v) is 6.33. The molecule has 0 aliphatic heterocycles. The molecule has 20 heavy (non-hydrogen) atoms. The summed E-state index contributed by atoms with van der Waals surface area (Å²) in [6.07, 6.45) is 0. The highest BCUT2D eigenvalue weighted by atomic mass is 16.5. The van der Waals surface area contributed by atoms with Gasteiger partial charge >= 0.3 is 0 Å². The minimum absolute atomic E-state index is 0.0588. The second kappa shape index (κ2) is 5.06. The number of aryl methyl sites for hydroxylation is 1. The van der Waals surface area contributed by atoms with Crippen LogP contribution in [-0.2, 0) is 0 Å². The molecule has 0 radical (unpaired) electrons. The van der Waals surface area contributed by atoms with Crippen molar-refractivity contribution in [2.45, 2.75) is 6.92 Å². The molecule has 4 heteroatoms. The summed E-state index contributed by atoms with van der Waals surface area (Å²) in [7, 11) is 0. The third kappa shape index (κ3) is 2.34. The lowest BCUT2D eigenvalue weighted by Gasteiger charge is -2.02. The van der Waals surface area contributed by atoms with E-state index < -0.39 is 0 Å². The first-order chi connectivity index (χ1) is 9.76. The number of aromatic amines is 1. The number of hydrogen-bond acceptors (Lipinski definition) is 3. The number of rotatable bonds is 3. The minimum Gasteiger partial charge on any atom is -0.479 e. The highest BCUT2D eigenvalue weighted by Crippen LogP contribution is 2.23. The number of benzene rings is 2. The monoisotopic (exact) mass is 263 g/mol. The van der Waals surface area contributed by atoms with Crippen LogP contribution in [0.2, 0.25) is 0 Å². The number of aromatic nitrogens is 2. The number of H-pyrrole nitrogens is 1. The van der Waals surface area contributed by atoms with Gasteiger partial charge in [0.2, 0.25) is 0 Å². The molecule has 0 unspecified atom stereocenters. The average Bonchev–Trinajstić information content (AvgIpc) is 2.88. The molecule has 0 saturated heterocycles. The summed E-state index contributed by atoms with van der Waals surface area (Å²) in [6.45, 7) is 2.12. The molecule has 1 aromatic heterocycles. The number of imidazole rings is 1. The SMILES string of the molecule is Cc1ccc2nc(-c3ccc(OCC#N)cc3)[nH]c2c1. The van der Waals surface area contributed by atoms with Crippen molar-refractivity contribution >= 4 is 11.0 Å². The topological polar surface area (TPSA) is 61.7 Å². The summed E-state index contributed by atoms with van der Waals surface area (Å²) < 4.78 is 5.23. The van der Waals surface area contributed by atoms with Gasteiger partial charge in [0.25, 0.3) is 0 Å². The zero-order valence-electron chi connectivity index (χ0n) is 11.1. The maximum Gasteiger partial charge on any atom is 0.174 e. The zero-order chi connectivity index (χ0) is 13.9. The Hall–Kier alpha value is -2.80. The molecule has 0 atom stereocenters. The lowest BCUT2D eigenvalue weighted by molar-refractivity contribution is 0.368. The van der Waals surface area contributed by atoms with Crippen molar-refractivity contribution in [2.24, 2.45) is 0 Å². The molecule has 1 heterocycles. The van der Waals surface area contributed by atoms with Gasteiger partial charge in [-0.15, -0.1) is 0 Å². The van der Waals surface area contributed by atoms with Gasteiger partial charge in [0, 0.05) is 5.56 Å². The summed E-state index contributed by atoms with van der Waals surface area (Å²) in [5, 5.41) is 8.47. The maximum atomic E-state index is 8.47. The Bertz CT molecular complexity index is 782. The van der Waals surface area contributed by atoms with Crippen molar-refractivity contribution in [3.8, 4) is 23.2 Å². The molecule has 0 amide bonds. The van der Waals surface area contributed by atoms with Gasteiger partial charge in [-0.1, -0.05) is 6.07 Å². The fourth-order valence-electron chi connectivity index (χ4n) is 2.08. The average molecular weight is 263 g/mol. The van der Waals surface area contributed by atoms with Crippen LogP contribution in [0.5, 0.6) is 5.75 Å². The molecule has 3 aromatic rings. The third-order valence-corrected chi connectivity index (χ3v) is 3.07. The molecule has 0 aliphatic rings. The van der Waals surface area contributed by atoms with Crippen molar-refractivity contribution in [2.75, 3.05) is 6.61 Å². The van der Waals surface area contributed by atoms with E-state index >= 15 is 0 Å². The Balaban J connectivity index is 1.92. The highest BCUT2D eigenvalue weighted by molar-refractivity contribution is 5.80. The first kappa shape index (κ1) is 12.2. The van der Waals surface area contributed by atoms with Crippen LogP contribution in [0.1, 0.15) is 5.56 Å².